The van der Waals surface area contributed by atoms with Crippen molar-refractivity contribution in [3.05, 3.63) is 57.2 Å². The highest BCUT2D eigenvalue weighted by Gasteiger charge is 2.11. The van der Waals surface area contributed by atoms with Crippen LogP contribution in [0.4, 0.5) is 5.69 Å². The summed E-state index contributed by atoms with van der Waals surface area (Å²) in [6.45, 7) is 4.00. The summed E-state index contributed by atoms with van der Waals surface area (Å²) in [4.78, 5) is 16.8. The van der Waals surface area contributed by atoms with E-state index in [4.69, 9.17) is 0 Å². The van der Waals surface area contributed by atoms with Gasteiger partial charge in [-0.25, -0.2) is 4.98 Å². The molecule has 0 unspecified atom stereocenters. The van der Waals surface area contributed by atoms with Gasteiger partial charge in [0, 0.05) is 22.0 Å². The SMILES string of the molecule is Cc1cccc(C)c1NC(=O)Cc1csc(-c2ccsc2)n1. The Hall–Kier alpha value is -1.98. The number of thiophene rings is 1. The Kier molecular flexibility index (Phi) is 4.36. The van der Waals surface area contributed by atoms with Gasteiger partial charge in [-0.1, -0.05) is 18.2 Å². The van der Waals surface area contributed by atoms with E-state index in [2.05, 4.69) is 15.7 Å². The molecule has 1 aromatic carbocycles. The van der Waals surface area contributed by atoms with Crippen molar-refractivity contribution in [3.63, 3.8) is 0 Å². The molecule has 22 heavy (non-hydrogen) atoms. The number of para-hydroxylation sites is 1. The summed E-state index contributed by atoms with van der Waals surface area (Å²) in [6, 6.07) is 8.04. The van der Waals surface area contributed by atoms with Gasteiger partial charge in [-0.05, 0) is 36.4 Å². The lowest BCUT2D eigenvalue weighted by Crippen LogP contribution is -2.16. The highest BCUT2D eigenvalue weighted by Crippen LogP contribution is 2.26. The number of hydrogen-bond acceptors (Lipinski definition) is 4. The Labute approximate surface area is 137 Å². The lowest BCUT2D eigenvalue weighted by atomic mass is 10.1. The Morgan fingerprint density at radius 3 is 2.64 bits per heavy atom. The Bertz CT molecular complexity index is 771. The third kappa shape index (κ3) is 3.26. The minimum Gasteiger partial charge on any atom is -0.325 e. The number of amides is 1. The molecule has 112 valence electrons. The summed E-state index contributed by atoms with van der Waals surface area (Å²) in [5.74, 6) is -0.0282. The van der Waals surface area contributed by atoms with Gasteiger partial charge in [0.2, 0.25) is 5.91 Å². The fourth-order valence-electron chi connectivity index (χ4n) is 2.27. The monoisotopic (exact) mass is 328 g/mol. The highest BCUT2D eigenvalue weighted by molar-refractivity contribution is 7.14. The second-order valence-corrected chi connectivity index (χ2v) is 6.79. The first kappa shape index (κ1) is 14.9. The molecule has 0 aliphatic rings. The van der Waals surface area contributed by atoms with Crippen LogP contribution >= 0.6 is 22.7 Å². The predicted octanol–water partition coefficient (Wildman–Crippen LogP) is 4.67. The Morgan fingerprint density at radius 2 is 1.95 bits per heavy atom. The number of carbonyl (C=O) groups excluding carboxylic acids is 1. The van der Waals surface area contributed by atoms with Gasteiger partial charge in [-0.15, -0.1) is 11.3 Å². The fraction of sp³-hybridized carbons (Fsp3) is 0.176. The average Bonchev–Trinajstić information content (AvgIpc) is 3.13. The molecule has 0 fully saturated rings. The minimum absolute atomic E-state index is 0.0282. The van der Waals surface area contributed by atoms with Crippen LogP contribution in [0, 0.1) is 13.8 Å². The summed E-state index contributed by atoms with van der Waals surface area (Å²) in [5.41, 5.74) is 4.99. The molecule has 5 heteroatoms. The van der Waals surface area contributed by atoms with Crippen LogP contribution in [0.2, 0.25) is 0 Å². The quantitative estimate of drug-likeness (QED) is 0.756. The van der Waals surface area contributed by atoms with Crippen molar-refractivity contribution in [1.29, 1.82) is 0 Å². The predicted molar refractivity (Wildman–Crippen MR) is 93.7 cm³/mol. The van der Waals surface area contributed by atoms with Gasteiger partial charge in [0.15, 0.2) is 0 Å². The van der Waals surface area contributed by atoms with Crippen LogP contribution in [0.15, 0.2) is 40.4 Å². The molecular weight excluding hydrogens is 312 g/mol. The standard InChI is InChI=1S/C17H16N2OS2/c1-11-4-3-5-12(2)16(11)19-15(20)8-14-10-22-17(18-14)13-6-7-21-9-13/h3-7,9-10H,8H2,1-2H3,(H,19,20). The van der Waals surface area contributed by atoms with E-state index in [0.29, 0.717) is 6.42 Å². The number of aromatic nitrogens is 1. The van der Waals surface area contributed by atoms with E-state index in [9.17, 15) is 4.79 Å². The van der Waals surface area contributed by atoms with Gasteiger partial charge in [-0.3, -0.25) is 4.79 Å². The second-order valence-electron chi connectivity index (χ2n) is 5.15. The van der Waals surface area contributed by atoms with Crippen LogP contribution in [-0.4, -0.2) is 10.9 Å². The number of aryl methyl sites for hydroxylation is 2. The van der Waals surface area contributed by atoms with E-state index in [1.54, 1.807) is 22.7 Å². The molecule has 0 aliphatic carbocycles. The van der Waals surface area contributed by atoms with E-state index >= 15 is 0 Å². The number of benzene rings is 1. The van der Waals surface area contributed by atoms with Gasteiger partial charge in [0.05, 0.1) is 12.1 Å². The molecule has 2 heterocycles. The molecule has 3 nitrogen and oxygen atoms in total. The lowest BCUT2D eigenvalue weighted by Gasteiger charge is -2.10. The molecule has 3 aromatic rings. The molecule has 1 N–H and O–H groups in total. The molecule has 3 rings (SSSR count). The third-order valence-electron chi connectivity index (χ3n) is 3.41. The van der Waals surface area contributed by atoms with Crippen molar-refractivity contribution >= 4 is 34.3 Å². The maximum atomic E-state index is 12.2. The van der Waals surface area contributed by atoms with E-state index in [1.165, 1.54) is 0 Å². The zero-order valence-electron chi connectivity index (χ0n) is 12.4. The van der Waals surface area contributed by atoms with Crippen LogP contribution in [0.5, 0.6) is 0 Å². The van der Waals surface area contributed by atoms with E-state index in [0.717, 1.165) is 33.1 Å². The summed E-state index contributed by atoms with van der Waals surface area (Å²) in [5, 5.41) is 10.0. The van der Waals surface area contributed by atoms with Crippen LogP contribution in [0.1, 0.15) is 16.8 Å². The number of carbonyl (C=O) groups is 1. The zero-order chi connectivity index (χ0) is 15.5. The van der Waals surface area contributed by atoms with E-state index in [1.807, 2.05) is 48.9 Å². The first-order chi connectivity index (χ1) is 10.6. The van der Waals surface area contributed by atoms with E-state index < -0.39 is 0 Å². The average molecular weight is 328 g/mol. The Balaban J connectivity index is 1.70. The van der Waals surface area contributed by atoms with Crippen molar-refractivity contribution < 1.29 is 4.79 Å². The molecule has 1 amide bonds. The number of rotatable bonds is 4. The molecular formula is C17H16N2OS2. The zero-order valence-corrected chi connectivity index (χ0v) is 14.1. The number of nitrogens with zero attached hydrogens (tertiary/aromatic N) is 1. The first-order valence-electron chi connectivity index (χ1n) is 6.96. The molecule has 0 saturated carbocycles. The number of anilines is 1. The van der Waals surface area contributed by atoms with Crippen molar-refractivity contribution in [2.75, 3.05) is 5.32 Å². The first-order valence-corrected chi connectivity index (χ1v) is 8.79. The number of hydrogen-bond donors (Lipinski definition) is 1. The van der Waals surface area contributed by atoms with Gasteiger partial charge >= 0.3 is 0 Å². The van der Waals surface area contributed by atoms with Crippen molar-refractivity contribution in [1.82, 2.24) is 4.98 Å². The topological polar surface area (TPSA) is 42.0 Å². The highest BCUT2D eigenvalue weighted by atomic mass is 32.1. The Morgan fingerprint density at radius 1 is 1.18 bits per heavy atom. The van der Waals surface area contributed by atoms with Crippen LogP contribution < -0.4 is 5.32 Å². The third-order valence-corrected chi connectivity index (χ3v) is 5.03. The van der Waals surface area contributed by atoms with Gasteiger partial charge < -0.3 is 5.32 Å². The smallest absolute Gasteiger partial charge is 0.230 e. The molecule has 0 bridgehead atoms. The van der Waals surface area contributed by atoms with E-state index in [-0.39, 0.29) is 5.91 Å². The fourth-order valence-corrected chi connectivity index (χ4v) is 3.80. The minimum atomic E-state index is -0.0282. The maximum absolute atomic E-state index is 12.2. The van der Waals surface area contributed by atoms with Gasteiger partial charge in [0.1, 0.15) is 5.01 Å². The second kappa shape index (κ2) is 6.42. The van der Waals surface area contributed by atoms with Gasteiger partial charge in [-0.2, -0.15) is 11.3 Å². The summed E-state index contributed by atoms with van der Waals surface area (Å²) in [6.07, 6.45) is 0.300. The summed E-state index contributed by atoms with van der Waals surface area (Å²) >= 11 is 3.23. The summed E-state index contributed by atoms with van der Waals surface area (Å²) < 4.78 is 0. The normalized spacial score (nSPS) is 10.6. The summed E-state index contributed by atoms with van der Waals surface area (Å²) in [7, 11) is 0. The molecule has 0 aliphatic heterocycles. The number of nitrogens with one attached hydrogen (secondary N) is 1. The molecule has 0 spiro atoms. The van der Waals surface area contributed by atoms with Crippen LogP contribution in [-0.2, 0) is 11.2 Å². The maximum Gasteiger partial charge on any atom is 0.230 e. The molecule has 0 radical (unpaired) electrons. The largest absolute Gasteiger partial charge is 0.325 e. The van der Waals surface area contributed by atoms with Gasteiger partial charge in [0.25, 0.3) is 0 Å². The van der Waals surface area contributed by atoms with Crippen LogP contribution in [0.3, 0.4) is 0 Å². The van der Waals surface area contributed by atoms with Crippen molar-refractivity contribution in [2.45, 2.75) is 20.3 Å². The van der Waals surface area contributed by atoms with Crippen molar-refractivity contribution in [2.24, 2.45) is 0 Å². The molecule has 0 saturated heterocycles. The molecule has 2 aromatic heterocycles. The number of thiazole rings is 1. The van der Waals surface area contributed by atoms with Crippen LogP contribution in [0.25, 0.3) is 10.6 Å². The van der Waals surface area contributed by atoms with Crippen molar-refractivity contribution in [3.8, 4) is 10.6 Å². The molecule has 0 atom stereocenters. The lowest BCUT2D eigenvalue weighted by molar-refractivity contribution is -0.115.